The fourth-order valence-corrected chi connectivity index (χ4v) is 3.85. The molecule has 0 aliphatic carbocycles. The molecule has 1 aliphatic rings. The average molecular weight is 309 g/mol. The maximum absolute atomic E-state index is 12.8. The molecule has 0 bridgehead atoms. The third-order valence-electron chi connectivity index (χ3n) is 3.99. The number of likely N-dealkylation sites (tertiary alicyclic amines) is 1. The highest BCUT2D eigenvalue weighted by Crippen LogP contribution is 2.25. The third-order valence-corrected chi connectivity index (χ3v) is 5.00. The number of hydrogen-bond acceptors (Lipinski definition) is 4. The van der Waals surface area contributed by atoms with Gasteiger partial charge in [0.15, 0.2) is 0 Å². The van der Waals surface area contributed by atoms with Gasteiger partial charge in [-0.2, -0.15) is 0 Å². The smallest absolute Gasteiger partial charge is 0.265 e. The zero-order valence-electron chi connectivity index (χ0n) is 13.6. The van der Waals surface area contributed by atoms with Gasteiger partial charge in [0.05, 0.1) is 10.7 Å². The van der Waals surface area contributed by atoms with E-state index in [1.54, 1.807) is 11.3 Å². The third kappa shape index (κ3) is 4.27. The Morgan fingerprint density at radius 3 is 2.67 bits per heavy atom. The molecule has 1 saturated heterocycles. The summed E-state index contributed by atoms with van der Waals surface area (Å²) in [5.74, 6) is 1.43. The summed E-state index contributed by atoms with van der Waals surface area (Å²) in [6.45, 7) is 9.15. The summed E-state index contributed by atoms with van der Waals surface area (Å²) in [7, 11) is 2.00. The molecule has 5 heteroatoms. The van der Waals surface area contributed by atoms with E-state index in [1.807, 2.05) is 18.9 Å². The van der Waals surface area contributed by atoms with Crippen LogP contribution in [0.3, 0.4) is 0 Å². The average Bonchev–Trinajstić information content (AvgIpc) is 2.79. The second-order valence-electron chi connectivity index (χ2n) is 6.40. The largest absolute Gasteiger partial charge is 0.338 e. The van der Waals surface area contributed by atoms with E-state index in [0.717, 1.165) is 54.5 Å². The van der Waals surface area contributed by atoms with Crippen LogP contribution in [0.1, 0.15) is 47.1 Å². The lowest BCUT2D eigenvalue weighted by Gasteiger charge is -2.31. The topological polar surface area (TPSA) is 45.2 Å². The predicted molar refractivity (Wildman–Crippen MR) is 87.9 cm³/mol. The molecule has 118 valence electrons. The van der Waals surface area contributed by atoms with Crippen LogP contribution in [0, 0.1) is 18.8 Å². The minimum Gasteiger partial charge on any atom is -0.338 e. The number of amides is 1. The van der Waals surface area contributed by atoms with Crippen LogP contribution in [0.5, 0.6) is 0 Å². The normalized spacial score (nSPS) is 16.7. The van der Waals surface area contributed by atoms with E-state index < -0.39 is 0 Å². The highest BCUT2D eigenvalue weighted by molar-refractivity contribution is 7.13. The molecule has 21 heavy (non-hydrogen) atoms. The Kier molecular flexibility index (Phi) is 5.76. The van der Waals surface area contributed by atoms with Crippen molar-refractivity contribution >= 4 is 17.2 Å². The summed E-state index contributed by atoms with van der Waals surface area (Å²) < 4.78 is 0. The number of nitrogens with zero attached hydrogens (tertiary/aromatic N) is 2. The van der Waals surface area contributed by atoms with Gasteiger partial charge in [0, 0.05) is 13.1 Å². The zero-order valence-corrected chi connectivity index (χ0v) is 14.4. The molecule has 0 saturated carbocycles. The summed E-state index contributed by atoms with van der Waals surface area (Å²) in [5.41, 5.74) is 0.995. The number of rotatable bonds is 5. The van der Waals surface area contributed by atoms with Gasteiger partial charge < -0.3 is 10.2 Å². The number of thiazole rings is 1. The number of carbonyl (C=O) groups excluding carboxylic acids is 1. The van der Waals surface area contributed by atoms with Crippen molar-refractivity contribution in [2.75, 3.05) is 26.7 Å². The molecular formula is C16H27N3OS. The van der Waals surface area contributed by atoms with E-state index in [-0.39, 0.29) is 5.91 Å². The van der Waals surface area contributed by atoms with Gasteiger partial charge in [-0.3, -0.25) is 4.79 Å². The van der Waals surface area contributed by atoms with Gasteiger partial charge in [-0.25, -0.2) is 4.98 Å². The molecule has 1 fully saturated rings. The van der Waals surface area contributed by atoms with E-state index in [0.29, 0.717) is 11.8 Å². The molecule has 0 radical (unpaired) electrons. The standard InChI is InChI=1S/C16H27N3OS/c1-11(2)9-14-15(21-12(3)18-14)16(20)19-7-5-13(6-8-19)10-17-4/h11,13,17H,5-10H2,1-4H3. The number of carbonyl (C=O) groups is 1. The van der Waals surface area contributed by atoms with Crippen LogP contribution >= 0.6 is 11.3 Å². The number of piperidine rings is 1. The molecule has 1 aliphatic heterocycles. The molecule has 0 aromatic carbocycles. The van der Waals surface area contributed by atoms with E-state index in [2.05, 4.69) is 24.1 Å². The van der Waals surface area contributed by atoms with Crippen molar-refractivity contribution in [1.82, 2.24) is 15.2 Å². The molecule has 1 amide bonds. The van der Waals surface area contributed by atoms with Crippen molar-refractivity contribution in [2.24, 2.45) is 11.8 Å². The summed E-state index contributed by atoms with van der Waals surface area (Å²) in [6, 6.07) is 0. The van der Waals surface area contributed by atoms with Crippen molar-refractivity contribution in [3.63, 3.8) is 0 Å². The quantitative estimate of drug-likeness (QED) is 0.909. The Morgan fingerprint density at radius 1 is 1.43 bits per heavy atom. The van der Waals surface area contributed by atoms with E-state index in [9.17, 15) is 4.79 Å². The molecule has 1 aromatic rings. The minimum atomic E-state index is 0.194. The minimum absolute atomic E-state index is 0.194. The lowest BCUT2D eigenvalue weighted by molar-refractivity contribution is 0.0694. The molecule has 0 unspecified atom stereocenters. The van der Waals surface area contributed by atoms with Crippen LogP contribution < -0.4 is 5.32 Å². The van der Waals surface area contributed by atoms with Gasteiger partial charge in [-0.05, 0) is 51.6 Å². The summed E-state index contributed by atoms with van der Waals surface area (Å²) in [4.78, 5) is 20.2. The van der Waals surface area contributed by atoms with E-state index >= 15 is 0 Å². The highest BCUT2D eigenvalue weighted by Gasteiger charge is 2.26. The van der Waals surface area contributed by atoms with E-state index in [1.165, 1.54) is 0 Å². The van der Waals surface area contributed by atoms with Crippen LogP contribution in [-0.2, 0) is 6.42 Å². The number of aromatic nitrogens is 1. The van der Waals surface area contributed by atoms with Gasteiger partial charge in [0.1, 0.15) is 4.88 Å². The van der Waals surface area contributed by atoms with Crippen molar-refractivity contribution < 1.29 is 4.79 Å². The van der Waals surface area contributed by atoms with Gasteiger partial charge in [-0.1, -0.05) is 13.8 Å². The van der Waals surface area contributed by atoms with Crippen molar-refractivity contribution in [1.29, 1.82) is 0 Å². The maximum atomic E-state index is 12.8. The molecule has 2 rings (SSSR count). The summed E-state index contributed by atoms with van der Waals surface area (Å²) >= 11 is 1.55. The first-order chi connectivity index (χ1) is 10.0. The lowest BCUT2D eigenvalue weighted by atomic mass is 9.96. The zero-order chi connectivity index (χ0) is 15.4. The van der Waals surface area contributed by atoms with Crippen LogP contribution in [0.4, 0.5) is 0 Å². The molecule has 0 spiro atoms. The van der Waals surface area contributed by atoms with Crippen LogP contribution in [0.25, 0.3) is 0 Å². The SMILES string of the molecule is CNCC1CCN(C(=O)c2sc(C)nc2CC(C)C)CC1. The van der Waals surface area contributed by atoms with E-state index in [4.69, 9.17) is 0 Å². The van der Waals surface area contributed by atoms with Gasteiger partial charge in [0.25, 0.3) is 5.91 Å². The Hall–Kier alpha value is -0.940. The Labute approximate surface area is 132 Å². The molecular weight excluding hydrogens is 282 g/mol. The summed E-state index contributed by atoms with van der Waals surface area (Å²) in [6.07, 6.45) is 3.09. The Morgan fingerprint density at radius 2 is 2.10 bits per heavy atom. The summed E-state index contributed by atoms with van der Waals surface area (Å²) in [5, 5.41) is 4.23. The van der Waals surface area contributed by atoms with Gasteiger partial charge in [-0.15, -0.1) is 11.3 Å². The first kappa shape index (κ1) is 16.4. The van der Waals surface area contributed by atoms with Gasteiger partial charge >= 0.3 is 0 Å². The lowest BCUT2D eigenvalue weighted by Crippen LogP contribution is -2.40. The number of nitrogens with one attached hydrogen (secondary N) is 1. The number of aryl methyl sites for hydroxylation is 1. The molecule has 1 aromatic heterocycles. The molecule has 4 nitrogen and oxygen atoms in total. The first-order valence-electron chi connectivity index (χ1n) is 7.91. The van der Waals surface area contributed by atoms with Gasteiger partial charge in [0.2, 0.25) is 0 Å². The Bertz CT molecular complexity index is 476. The Balaban J connectivity index is 2.04. The second kappa shape index (κ2) is 7.36. The fraction of sp³-hybridized carbons (Fsp3) is 0.750. The van der Waals surface area contributed by atoms with Crippen LogP contribution in [0.15, 0.2) is 0 Å². The molecule has 1 N–H and O–H groups in total. The van der Waals surface area contributed by atoms with Crippen molar-refractivity contribution in [2.45, 2.75) is 40.0 Å². The monoisotopic (exact) mass is 309 g/mol. The maximum Gasteiger partial charge on any atom is 0.265 e. The van der Waals surface area contributed by atoms with Crippen molar-refractivity contribution in [3.8, 4) is 0 Å². The first-order valence-corrected chi connectivity index (χ1v) is 8.73. The fourth-order valence-electron chi connectivity index (χ4n) is 2.93. The van der Waals surface area contributed by atoms with Crippen LogP contribution in [0.2, 0.25) is 0 Å². The molecule has 0 atom stereocenters. The second-order valence-corrected chi connectivity index (χ2v) is 7.60. The predicted octanol–water partition coefficient (Wildman–Crippen LogP) is 2.72. The molecule has 2 heterocycles. The number of hydrogen-bond donors (Lipinski definition) is 1. The highest BCUT2D eigenvalue weighted by atomic mass is 32.1. The van der Waals surface area contributed by atoms with Crippen LogP contribution in [-0.4, -0.2) is 42.5 Å². The van der Waals surface area contributed by atoms with Crippen molar-refractivity contribution in [3.05, 3.63) is 15.6 Å².